The Bertz CT molecular complexity index is 1740. The number of hydrogen-bond acceptors (Lipinski definition) is 9. The van der Waals surface area contributed by atoms with Crippen molar-refractivity contribution < 1.29 is 27.1 Å². The summed E-state index contributed by atoms with van der Waals surface area (Å²) >= 11 is 1.85. The van der Waals surface area contributed by atoms with Gasteiger partial charge in [-0.15, -0.1) is 11.8 Å². The SMILES string of the molecule is CS(=O)(=O)OC1CCN(C[C@@H]2C[C@H](SC(c3ccccc3)(c3ccccc3)c3ccccc3)CN2C(=O)OCc2ccc([N+](=O)[O-])cc2)CC1. The first-order chi connectivity index (χ1) is 24.1. The minimum Gasteiger partial charge on any atom is -0.445 e. The average Bonchev–Trinajstić information content (AvgIpc) is 3.53. The second-order valence-corrected chi connectivity index (χ2v) is 16.0. The maximum atomic E-state index is 13.9. The lowest BCUT2D eigenvalue weighted by molar-refractivity contribution is -0.384. The third-order valence-electron chi connectivity index (χ3n) is 9.32. The van der Waals surface area contributed by atoms with E-state index in [1.807, 2.05) is 34.9 Å². The fraction of sp³-hybridized carbons (Fsp3) is 0.342. The average molecular weight is 716 g/mol. The number of thioether (sulfide) groups is 1. The molecule has 2 fully saturated rings. The van der Waals surface area contributed by atoms with Crippen LogP contribution in [0, 0.1) is 10.1 Å². The molecule has 1 amide bonds. The first kappa shape index (κ1) is 35.6. The topological polar surface area (TPSA) is 119 Å². The highest BCUT2D eigenvalue weighted by Crippen LogP contribution is 2.52. The van der Waals surface area contributed by atoms with Gasteiger partial charge in [0, 0.05) is 49.6 Å². The maximum Gasteiger partial charge on any atom is 0.410 e. The lowest BCUT2D eigenvalue weighted by Crippen LogP contribution is -2.46. The van der Waals surface area contributed by atoms with Gasteiger partial charge in [-0.05, 0) is 53.6 Å². The normalized spacial score (nSPS) is 18.9. The number of ether oxygens (including phenoxy) is 1. The Hall–Kier alpha value is -4.23. The van der Waals surface area contributed by atoms with Crippen LogP contribution in [0.15, 0.2) is 115 Å². The molecule has 0 spiro atoms. The monoisotopic (exact) mass is 715 g/mol. The van der Waals surface area contributed by atoms with Gasteiger partial charge in [0.1, 0.15) is 6.61 Å². The van der Waals surface area contributed by atoms with Crippen molar-refractivity contribution >= 4 is 33.7 Å². The van der Waals surface area contributed by atoms with E-state index in [1.54, 1.807) is 12.1 Å². The molecule has 0 N–H and O–H groups in total. The molecule has 12 heteroatoms. The minimum atomic E-state index is -3.54. The lowest BCUT2D eigenvalue weighted by Gasteiger charge is -2.37. The summed E-state index contributed by atoms with van der Waals surface area (Å²) in [5.41, 5.74) is 4.07. The number of nitro benzene ring substituents is 1. The van der Waals surface area contributed by atoms with E-state index < -0.39 is 25.9 Å². The summed E-state index contributed by atoms with van der Waals surface area (Å²) < 4.78 is 34.0. The fourth-order valence-electron chi connectivity index (χ4n) is 7.00. The van der Waals surface area contributed by atoms with Crippen molar-refractivity contribution in [2.75, 3.05) is 32.4 Å². The standard InChI is InChI=1S/C38H41N3O7S2/c1-50(45,46)48-35-21-23-39(24-22-35)26-34-25-36(27-40(34)37(42)47-28-29-17-19-33(20-18-29)41(43)44)49-38(30-11-5-2-6-12-30,31-13-7-3-8-14-31)32-15-9-4-10-16-32/h2-20,34-36H,21-28H2,1H3/t34-,36-/m0/s1. The Labute approximate surface area is 297 Å². The van der Waals surface area contributed by atoms with Crippen LogP contribution in [0.4, 0.5) is 10.5 Å². The predicted octanol–water partition coefficient (Wildman–Crippen LogP) is 6.84. The maximum absolute atomic E-state index is 13.9. The molecule has 2 aliphatic heterocycles. The summed E-state index contributed by atoms with van der Waals surface area (Å²) in [5.74, 6) is 0. The van der Waals surface area contributed by atoms with E-state index in [0.717, 1.165) is 29.4 Å². The van der Waals surface area contributed by atoms with Crippen molar-refractivity contribution in [3.05, 3.63) is 148 Å². The molecule has 2 atom stereocenters. The Morgan fingerprint density at radius 2 is 1.38 bits per heavy atom. The van der Waals surface area contributed by atoms with Gasteiger partial charge in [-0.1, -0.05) is 91.0 Å². The number of amides is 1. The molecule has 0 saturated carbocycles. The number of nitro groups is 1. The van der Waals surface area contributed by atoms with Gasteiger partial charge in [-0.2, -0.15) is 8.42 Å². The number of likely N-dealkylation sites (tertiary alicyclic amines) is 2. The zero-order valence-corrected chi connectivity index (χ0v) is 29.5. The van der Waals surface area contributed by atoms with Crippen LogP contribution in [0.1, 0.15) is 41.5 Å². The van der Waals surface area contributed by atoms with Crippen LogP contribution in [0.5, 0.6) is 0 Å². The first-order valence-electron chi connectivity index (χ1n) is 16.7. The van der Waals surface area contributed by atoms with Gasteiger partial charge in [0.05, 0.1) is 22.0 Å². The van der Waals surface area contributed by atoms with Crippen molar-refractivity contribution in [3.8, 4) is 0 Å². The van der Waals surface area contributed by atoms with Crippen LogP contribution in [0.25, 0.3) is 0 Å². The molecule has 0 aromatic heterocycles. The van der Waals surface area contributed by atoms with Crippen molar-refractivity contribution in [1.29, 1.82) is 0 Å². The van der Waals surface area contributed by atoms with Gasteiger partial charge >= 0.3 is 6.09 Å². The van der Waals surface area contributed by atoms with Crippen molar-refractivity contribution in [3.63, 3.8) is 0 Å². The van der Waals surface area contributed by atoms with Crippen LogP contribution in [-0.2, 0) is 30.4 Å². The molecule has 4 aromatic carbocycles. The Morgan fingerprint density at radius 3 is 1.86 bits per heavy atom. The zero-order valence-electron chi connectivity index (χ0n) is 27.9. The van der Waals surface area contributed by atoms with Gasteiger partial charge in [0.15, 0.2) is 0 Å². The van der Waals surface area contributed by atoms with Crippen molar-refractivity contribution in [1.82, 2.24) is 9.80 Å². The van der Waals surface area contributed by atoms with Crippen LogP contribution in [0.2, 0.25) is 0 Å². The van der Waals surface area contributed by atoms with E-state index in [2.05, 4.69) is 77.7 Å². The highest BCUT2D eigenvalue weighted by molar-refractivity contribution is 8.01. The minimum absolute atomic E-state index is 0.00589. The second kappa shape index (κ2) is 15.8. The van der Waals surface area contributed by atoms with Gasteiger partial charge in [-0.25, -0.2) is 4.79 Å². The molecule has 6 rings (SSSR count). The lowest BCUT2D eigenvalue weighted by atomic mass is 9.84. The largest absolute Gasteiger partial charge is 0.445 e. The van der Waals surface area contributed by atoms with E-state index in [1.165, 1.54) is 12.1 Å². The van der Waals surface area contributed by atoms with E-state index in [-0.39, 0.29) is 29.7 Å². The van der Waals surface area contributed by atoms with Crippen molar-refractivity contribution in [2.45, 2.75) is 48.0 Å². The molecule has 0 bridgehead atoms. The number of carbonyl (C=O) groups excluding carboxylic acids is 1. The summed E-state index contributed by atoms with van der Waals surface area (Å²) in [5, 5.41) is 11.1. The van der Waals surface area contributed by atoms with Crippen molar-refractivity contribution in [2.24, 2.45) is 0 Å². The molecule has 50 heavy (non-hydrogen) atoms. The Kier molecular flexibility index (Phi) is 11.2. The number of nitrogens with zero attached hydrogens (tertiary/aromatic N) is 3. The molecule has 262 valence electrons. The van der Waals surface area contributed by atoms with E-state index >= 15 is 0 Å². The summed E-state index contributed by atoms with van der Waals surface area (Å²) in [6.45, 7) is 2.39. The number of carbonyl (C=O) groups is 1. The summed E-state index contributed by atoms with van der Waals surface area (Å²) in [7, 11) is -3.54. The van der Waals surface area contributed by atoms with Gasteiger partial charge < -0.3 is 14.5 Å². The third kappa shape index (κ3) is 8.55. The zero-order chi connectivity index (χ0) is 35.1. The highest BCUT2D eigenvalue weighted by atomic mass is 32.2. The molecular weight excluding hydrogens is 675 g/mol. The number of rotatable bonds is 12. The first-order valence-corrected chi connectivity index (χ1v) is 19.4. The molecule has 4 aromatic rings. The molecule has 10 nitrogen and oxygen atoms in total. The second-order valence-electron chi connectivity index (χ2n) is 12.8. The molecule has 0 radical (unpaired) electrons. The predicted molar refractivity (Wildman–Crippen MR) is 194 cm³/mol. The Balaban J connectivity index is 1.27. The molecule has 2 aliphatic rings. The smallest absolute Gasteiger partial charge is 0.410 e. The number of non-ortho nitro benzene ring substituents is 1. The van der Waals surface area contributed by atoms with Gasteiger partial charge in [0.25, 0.3) is 15.8 Å². The fourth-order valence-corrected chi connectivity index (χ4v) is 9.56. The van der Waals surface area contributed by atoms with Crippen LogP contribution < -0.4 is 0 Å². The van der Waals surface area contributed by atoms with E-state index in [0.29, 0.717) is 44.6 Å². The Morgan fingerprint density at radius 1 is 0.860 bits per heavy atom. The number of benzene rings is 4. The van der Waals surface area contributed by atoms with Crippen LogP contribution >= 0.6 is 11.8 Å². The van der Waals surface area contributed by atoms with Gasteiger partial charge in [0.2, 0.25) is 0 Å². The quantitative estimate of drug-likeness (QED) is 0.0672. The summed E-state index contributed by atoms with van der Waals surface area (Å²) in [6, 6.07) is 37.3. The molecular formula is C38H41N3O7S2. The third-order valence-corrected chi connectivity index (χ3v) is 11.7. The van der Waals surface area contributed by atoms with Crippen LogP contribution in [0.3, 0.4) is 0 Å². The van der Waals surface area contributed by atoms with Crippen LogP contribution in [-0.4, -0.2) is 79.1 Å². The van der Waals surface area contributed by atoms with Gasteiger partial charge in [-0.3, -0.25) is 14.3 Å². The molecule has 2 heterocycles. The van der Waals surface area contributed by atoms with E-state index in [9.17, 15) is 23.3 Å². The summed E-state index contributed by atoms with van der Waals surface area (Å²) in [4.78, 5) is 28.6. The number of piperidine rings is 1. The summed E-state index contributed by atoms with van der Waals surface area (Å²) in [6.07, 6.45) is 2.20. The van der Waals surface area contributed by atoms with E-state index in [4.69, 9.17) is 8.92 Å². The number of hydrogen-bond donors (Lipinski definition) is 0. The molecule has 0 unspecified atom stereocenters. The highest BCUT2D eigenvalue weighted by Gasteiger charge is 2.45. The molecule has 2 saturated heterocycles. The molecule has 0 aliphatic carbocycles.